The third-order valence-corrected chi connectivity index (χ3v) is 4.21. The van der Waals surface area contributed by atoms with Crippen LogP contribution in [0.4, 0.5) is 5.69 Å². The maximum absolute atomic E-state index is 12.2. The fourth-order valence-corrected chi connectivity index (χ4v) is 2.75. The Morgan fingerprint density at radius 2 is 1.61 bits per heavy atom. The summed E-state index contributed by atoms with van der Waals surface area (Å²) in [6, 6.07) is 17.3. The Balaban J connectivity index is 1.59. The number of hydrogen-bond acceptors (Lipinski definition) is 4. The third kappa shape index (κ3) is 5.20. The number of hydrogen-bond donors (Lipinski definition) is 1. The number of carbonyl (C=O) groups is 1. The maximum Gasteiger partial charge on any atom is 0.248 e. The van der Waals surface area contributed by atoms with Crippen molar-refractivity contribution >= 4 is 17.7 Å². The number of nitrogens with one attached hydrogen (secondary N) is 1. The van der Waals surface area contributed by atoms with E-state index in [-0.39, 0.29) is 5.91 Å². The molecular weight excluding hydrogens is 352 g/mol. The first-order valence-corrected chi connectivity index (χ1v) is 8.87. The Kier molecular flexibility index (Phi) is 6.41. The summed E-state index contributed by atoms with van der Waals surface area (Å²) in [6.45, 7) is 0. The first-order chi connectivity index (χ1) is 13.7. The second-order valence-electron chi connectivity index (χ2n) is 6.17. The van der Waals surface area contributed by atoms with Gasteiger partial charge in [-0.05, 0) is 65.6 Å². The molecule has 1 heterocycles. The van der Waals surface area contributed by atoms with Gasteiger partial charge in [-0.15, -0.1) is 0 Å². The molecule has 2 aromatic carbocycles. The summed E-state index contributed by atoms with van der Waals surface area (Å²) in [4.78, 5) is 16.2. The van der Waals surface area contributed by atoms with Crippen molar-refractivity contribution in [1.82, 2.24) is 4.98 Å². The molecule has 0 radical (unpaired) electrons. The van der Waals surface area contributed by atoms with E-state index in [1.807, 2.05) is 48.5 Å². The summed E-state index contributed by atoms with van der Waals surface area (Å²) in [5.41, 5.74) is 3.97. The molecule has 142 valence electrons. The van der Waals surface area contributed by atoms with Crippen LogP contribution in [-0.4, -0.2) is 25.1 Å². The minimum Gasteiger partial charge on any atom is -0.493 e. The molecule has 0 aliphatic carbocycles. The van der Waals surface area contributed by atoms with Gasteiger partial charge in [0.2, 0.25) is 5.91 Å². The molecule has 0 saturated carbocycles. The van der Waals surface area contributed by atoms with Gasteiger partial charge in [0.25, 0.3) is 0 Å². The zero-order valence-corrected chi connectivity index (χ0v) is 15.9. The van der Waals surface area contributed by atoms with E-state index in [1.165, 1.54) is 17.2 Å². The van der Waals surface area contributed by atoms with E-state index in [9.17, 15) is 4.79 Å². The number of benzene rings is 2. The SMILES string of the molecule is COc1ccc(/C=C/C(=O)Nc2ccc(Cc3ccncc3)cc2)cc1OC. The fraction of sp³-hybridized carbons (Fsp3) is 0.130. The van der Waals surface area contributed by atoms with Crippen molar-refractivity contribution in [1.29, 1.82) is 0 Å². The zero-order chi connectivity index (χ0) is 19.8. The van der Waals surface area contributed by atoms with Crippen LogP contribution in [0.3, 0.4) is 0 Å². The van der Waals surface area contributed by atoms with Crippen LogP contribution in [-0.2, 0) is 11.2 Å². The van der Waals surface area contributed by atoms with Crippen LogP contribution in [0.2, 0.25) is 0 Å². The molecule has 0 saturated heterocycles. The second-order valence-corrected chi connectivity index (χ2v) is 6.17. The van der Waals surface area contributed by atoms with Gasteiger partial charge in [0.15, 0.2) is 11.5 Å². The zero-order valence-electron chi connectivity index (χ0n) is 15.9. The Hall–Kier alpha value is -3.60. The summed E-state index contributed by atoms with van der Waals surface area (Å²) >= 11 is 0. The highest BCUT2D eigenvalue weighted by molar-refractivity contribution is 6.01. The highest BCUT2D eigenvalue weighted by Crippen LogP contribution is 2.28. The van der Waals surface area contributed by atoms with E-state index in [2.05, 4.69) is 10.3 Å². The lowest BCUT2D eigenvalue weighted by molar-refractivity contribution is -0.111. The molecule has 0 aliphatic rings. The number of carbonyl (C=O) groups excluding carboxylic acids is 1. The van der Waals surface area contributed by atoms with Gasteiger partial charge >= 0.3 is 0 Å². The van der Waals surface area contributed by atoms with Crippen molar-refractivity contribution in [3.63, 3.8) is 0 Å². The van der Waals surface area contributed by atoms with E-state index in [4.69, 9.17) is 9.47 Å². The Bertz CT molecular complexity index is 951. The van der Waals surface area contributed by atoms with Gasteiger partial charge in [-0.1, -0.05) is 18.2 Å². The number of pyridine rings is 1. The summed E-state index contributed by atoms with van der Waals surface area (Å²) in [5, 5.41) is 2.86. The number of anilines is 1. The second kappa shape index (κ2) is 9.37. The topological polar surface area (TPSA) is 60.5 Å². The molecule has 0 atom stereocenters. The third-order valence-electron chi connectivity index (χ3n) is 4.21. The molecule has 1 aromatic heterocycles. The Morgan fingerprint density at radius 1 is 0.929 bits per heavy atom. The summed E-state index contributed by atoms with van der Waals surface area (Å²) in [6.07, 6.45) is 7.63. The monoisotopic (exact) mass is 374 g/mol. The van der Waals surface area contributed by atoms with Crippen molar-refractivity contribution in [2.45, 2.75) is 6.42 Å². The molecular formula is C23H22N2O3. The van der Waals surface area contributed by atoms with Crippen LogP contribution in [0.15, 0.2) is 73.1 Å². The fourth-order valence-electron chi connectivity index (χ4n) is 2.75. The standard InChI is InChI=1S/C23H22N2O3/c1-27-21-9-5-18(16-22(21)28-2)6-10-23(26)25-20-7-3-17(4-8-20)15-19-11-13-24-14-12-19/h3-14,16H,15H2,1-2H3,(H,25,26)/b10-6+. The normalized spacial score (nSPS) is 10.6. The van der Waals surface area contributed by atoms with Crippen LogP contribution in [0.25, 0.3) is 6.08 Å². The van der Waals surface area contributed by atoms with E-state index in [0.29, 0.717) is 11.5 Å². The average molecular weight is 374 g/mol. The quantitative estimate of drug-likeness (QED) is 0.625. The molecule has 28 heavy (non-hydrogen) atoms. The van der Waals surface area contributed by atoms with Gasteiger partial charge in [-0.25, -0.2) is 0 Å². The molecule has 0 aliphatic heterocycles. The number of rotatable bonds is 7. The van der Waals surface area contributed by atoms with Crippen molar-refractivity contribution in [2.24, 2.45) is 0 Å². The first-order valence-electron chi connectivity index (χ1n) is 8.87. The summed E-state index contributed by atoms with van der Waals surface area (Å²) in [5.74, 6) is 1.07. The van der Waals surface area contributed by atoms with E-state index in [0.717, 1.165) is 17.7 Å². The molecule has 0 bridgehead atoms. The highest BCUT2D eigenvalue weighted by atomic mass is 16.5. The lowest BCUT2D eigenvalue weighted by atomic mass is 10.1. The van der Waals surface area contributed by atoms with Gasteiger partial charge < -0.3 is 14.8 Å². The largest absolute Gasteiger partial charge is 0.493 e. The Labute approximate surface area is 164 Å². The van der Waals surface area contributed by atoms with Crippen LogP contribution in [0, 0.1) is 0 Å². The Morgan fingerprint density at radius 3 is 2.29 bits per heavy atom. The molecule has 0 fully saturated rings. The number of amides is 1. The average Bonchev–Trinajstić information content (AvgIpc) is 2.74. The molecule has 0 spiro atoms. The van der Waals surface area contributed by atoms with Crippen molar-refractivity contribution < 1.29 is 14.3 Å². The molecule has 5 heteroatoms. The van der Waals surface area contributed by atoms with Gasteiger partial charge in [-0.2, -0.15) is 0 Å². The van der Waals surface area contributed by atoms with Crippen LogP contribution < -0.4 is 14.8 Å². The van der Waals surface area contributed by atoms with E-state index >= 15 is 0 Å². The molecule has 1 amide bonds. The minimum absolute atomic E-state index is 0.198. The molecule has 3 rings (SSSR count). The number of ether oxygens (including phenoxy) is 2. The van der Waals surface area contributed by atoms with Crippen molar-refractivity contribution in [3.8, 4) is 11.5 Å². The number of methoxy groups -OCH3 is 2. The minimum atomic E-state index is -0.198. The van der Waals surface area contributed by atoms with Crippen LogP contribution in [0.5, 0.6) is 11.5 Å². The first kappa shape index (κ1) is 19.2. The number of aromatic nitrogens is 1. The maximum atomic E-state index is 12.2. The predicted octanol–water partition coefficient (Wildman–Crippen LogP) is 4.34. The lowest BCUT2D eigenvalue weighted by Crippen LogP contribution is -2.07. The molecule has 5 nitrogen and oxygen atoms in total. The lowest BCUT2D eigenvalue weighted by Gasteiger charge is -2.07. The van der Waals surface area contributed by atoms with Gasteiger partial charge in [0, 0.05) is 24.2 Å². The van der Waals surface area contributed by atoms with E-state index < -0.39 is 0 Å². The molecule has 0 unspecified atom stereocenters. The van der Waals surface area contributed by atoms with Crippen molar-refractivity contribution in [3.05, 3.63) is 89.8 Å². The van der Waals surface area contributed by atoms with Gasteiger partial charge in [0.1, 0.15) is 0 Å². The predicted molar refractivity (Wildman–Crippen MR) is 111 cm³/mol. The summed E-state index contributed by atoms with van der Waals surface area (Å²) in [7, 11) is 3.17. The highest BCUT2D eigenvalue weighted by Gasteiger charge is 2.04. The van der Waals surface area contributed by atoms with Crippen molar-refractivity contribution in [2.75, 3.05) is 19.5 Å². The van der Waals surface area contributed by atoms with E-state index in [1.54, 1.807) is 38.8 Å². The summed E-state index contributed by atoms with van der Waals surface area (Å²) < 4.78 is 10.5. The smallest absolute Gasteiger partial charge is 0.248 e. The van der Waals surface area contributed by atoms with Gasteiger partial charge in [-0.3, -0.25) is 9.78 Å². The van der Waals surface area contributed by atoms with Crippen LogP contribution >= 0.6 is 0 Å². The number of nitrogens with zero attached hydrogens (tertiary/aromatic N) is 1. The van der Waals surface area contributed by atoms with Crippen LogP contribution in [0.1, 0.15) is 16.7 Å². The molecule has 3 aromatic rings. The molecule has 1 N–H and O–H groups in total. The van der Waals surface area contributed by atoms with Gasteiger partial charge in [0.05, 0.1) is 14.2 Å².